The summed E-state index contributed by atoms with van der Waals surface area (Å²) in [6, 6.07) is 18.3. The number of halogens is 1. The number of carbonyl (C=O) groups excluding carboxylic acids is 1. The molecule has 4 aromatic rings. The maximum absolute atomic E-state index is 12.4. The first-order chi connectivity index (χ1) is 14.6. The molecule has 8 heteroatoms. The molecule has 2 aromatic carbocycles. The lowest BCUT2D eigenvalue weighted by Gasteiger charge is -2.07. The Kier molecular flexibility index (Phi) is 6.02. The van der Waals surface area contributed by atoms with Crippen LogP contribution in [0.2, 0.25) is 5.02 Å². The minimum Gasteiger partial charge on any atom is -0.349 e. The Balaban J connectivity index is 1.37. The number of amides is 1. The third-order valence-corrected chi connectivity index (χ3v) is 5.56. The first-order valence-corrected chi connectivity index (χ1v) is 10.4. The number of thiazole rings is 1. The summed E-state index contributed by atoms with van der Waals surface area (Å²) >= 11 is 7.41. The summed E-state index contributed by atoms with van der Waals surface area (Å²) in [6.07, 6.45) is 1.38. The minimum absolute atomic E-state index is 0.109. The average molecular weight is 437 g/mol. The first kappa shape index (κ1) is 20.0. The van der Waals surface area contributed by atoms with Gasteiger partial charge in [-0.2, -0.15) is 0 Å². The Morgan fingerprint density at radius 1 is 1.07 bits per heavy atom. The van der Waals surface area contributed by atoms with Gasteiger partial charge in [-0.15, -0.1) is 11.3 Å². The summed E-state index contributed by atoms with van der Waals surface area (Å²) in [7, 11) is 0. The maximum atomic E-state index is 12.4. The van der Waals surface area contributed by atoms with Crippen molar-refractivity contribution in [2.24, 2.45) is 0 Å². The number of rotatable bonds is 6. The highest BCUT2D eigenvalue weighted by molar-refractivity contribution is 7.13. The predicted molar refractivity (Wildman–Crippen MR) is 118 cm³/mol. The quantitative estimate of drug-likeness (QED) is 0.495. The molecular formula is C22H17ClN4O2S. The van der Waals surface area contributed by atoms with Crippen LogP contribution in [0.4, 0.5) is 0 Å². The molecule has 0 aliphatic heterocycles. The molecule has 1 N–H and O–H groups in total. The van der Waals surface area contributed by atoms with Crippen LogP contribution in [0.5, 0.6) is 0 Å². The third-order valence-electron chi connectivity index (χ3n) is 4.37. The van der Waals surface area contributed by atoms with Gasteiger partial charge in [-0.3, -0.25) is 14.2 Å². The van der Waals surface area contributed by atoms with E-state index in [1.165, 1.54) is 28.3 Å². The lowest BCUT2D eigenvalue weighted by molar-refractivity contribution is -0.121. The van der Waals surface area contributed by atoms with Crippen LogP contribution in [-0.2, 0) is 17.9 Å². The number of carbonyl (C=O) groups is 1. The van der Waals surface area contributed by atoms with E-state index in [4.69, 9.17) is 11.6 Å². The molecule has 30 heavy (non-hydrogen) atoms. The van der Waals surface area contributed by atoms with Gasteiger partial charge in [-0.1, -0.05) is 54.1 Å². The van der Waals surface area contributed by atoms with Crippen LogP contribution in [0.15, 0.2) is 77.2 Å². The Hall–Kier alpha value is -3.29. The highest BCUT2D eigenvalue weighted by Gasteiger charge is 2.09. The second-order valence-corrected chi connectivity index (χ2v) is 7.83. The summed E-state index contributed by atoms with van der Waals surface area (Å²) < 4.78 is 1.27. The topological polar surface area (TPSA) is 76.9 Å². The molecule has 1 amide bonds. The Labute approximate surface area is 181 Å². The van der Waals surface area contributed by atoms with Crippen molar-refractivity contribution in [1.29, 1.82) is 0 Å². The van der Waals surface area contributed by atoms with Gasteiger partial charge >= 0.3 is 0 Å². The van der Waals surface area contributed by atoms with Crippen molar-refractivity contribution < 1.29 is 4.79 Å². The van der Waals surface area contributed by atoms with E-state index in [1.807, 2.05) is 35.7 Å². The fourth-order valence-corrected chi connectivity index (χ4v) is 3.78. The van der Waals surface area contributed by atoms with Gasteiger partial charge in [-0.25, -0.2) is 9.97 Å². The predicted octanol–water partition coefficient (Wildman–Crippen LogP) is 4.00. The zero-order valence-corrected chi connectivity index (χ0v) is 17.4. The number of hydrogen-bond acceptors (Lipinski definition) is 5. The van der Waals surface area contributed by atoms with Crippen LogP contribution in [0.25, 0.3) is 21.8 Å². The monoisotopic (exact) mass is 436 g/mol. The molecule has 4 rings (SSSR count). The van der Waals surface area contributed by atoms with Crippen molar-refractivity contribution in [3.8, 4) is 21.8 Å². The molecule has 2 heterocycles. The van der Waals surface area contributed by atoms with Crippen molar-refractivity contribution >= 4 is 28.8 Å². The van der Waals surface area contributed by atoms with E-state index < -0.39 is 0 Å². The molecule has 0 aliphatic rings. The number of aromatic nitrogens is 3. The maximum Gasteiger partial charge on any atom is 0.254 e. The van der Waals surface area contributed by atoms with Crippen molar-refractivity contribution in [3.05, 3.63) is 93.4 Å². The smallest absolute Gasteiger partial charge is 0.254 e. The highest BCUT2D eigenvalue weighted by Crippen LogP contribution is 2.23. The minimum atomic E-state index is -0.301. The van der Waals surface area contributed by atoms with Crippen LogP contribution in [-0.4, -0.2) is 20.4 Å². The number of nitrogens with zero attached hydrogens (tertiary/aromatic N) is 3. The normalized spacial score (nSPS) is 10.7. The summed E-state index contributed by atoms with van der Waals surface area (Å²) in [5.41, 5.74) is 2.83. The SMILES string of the molecule is O=C(Cn1cnc(-c2ccc(Cl)cc2)cc1=O)NCc1csc(-c2ccccc2)n1. The third kappa shape index (κ3) is 4.82. The molecule has 0 aliphatic carbocycles. The lowest BCUT2D eigenvalue weighted by Crippen LogP contribution is -2.32. The van der Waals surface area contributed by atoms with E-state index >= 15 is 0 Å². The second-order valence-electron chi connectivity index (χ2n) is 6.53. The summed E-state index contributed by atoms with van der Waals surface area (Å²) in [4.78, 5) is 33.4. The highest BCUT2D eigenvalue weighted by atomic mass is 35.5. The molecule has 0 bridgehead atoms. The van der Waals surface area contributed by atoms with Crippen LogP contribution in [0, 0.1) is 0 Å². The van der Waals surface area contributed by atoms with Gasteiger partial charge in [0.25, 0.3) is 5.56 Å². The average Bonchev–Trinajstić information content (AvgIpc) is 3.24. The van der Waals surface area contributed by atoms with Crippen LogP contribution in [0.3, 0.4) is 0 Å². The van der Waals surface area contributed by atoms with Crippen molar-refractivity contribution in [1.82, 2.24) is 19.9 Å². The standard InChI is InChI=1S/C22H17ClN4O2S/c23-17-8-6-15(7-9-17)19-10-21(29)27(14-25-19)12-20(28)24-11-18-13-30-22(26-18)16-4-2-1-3-5-16/h1-10,13-14H,11-12H2,(H,24,28). The van der Waals surface area contributed by atoms with Crippen molar-refractivity contribution in [3.63, 3.8) is 0 Å². The van der Waals surface area contributed by atoms with E-state index in [0.717, 1.165) is 21.8 Å². The van der Waals surface area contributed by atoms with Gasteiger partial charge in [0, 0.05) is 27.6 Å². The van der Waals surface area contributed by atoms with Gasteiger partial charge in [0.1, 0.15) is 11.6 Å². The zero-order valence-electron chi connectivity index (χ0n) is 15.8. The number of benzene rings is 2. The molecule has 0 saturated carbocycles. The largest absolute Gasteiger partial charge is 0.349 e. The molecule has 0 fully saturated rings. The first-order valence-electron chi connectivity index (χ1n) is 9.17. The zero-order chi connectivity index (χ0) is 20.9. The van der Waals surface area contributed by atoms with Gasteiger partial charge in [-0.05, 0) is 12.1 Å². The van der Waals surface area contributed by atoms with E-state index in [2.05, 4.69) is 15.3 Å². The second kappa shape index (κ2) is 9.02. The van der Waals surface area contributed by atoms with Crippen LogP contribution in [0.1, 0.15) is 5.69 Å². The van der Waals surface area contributed by atoms with Crippen LogP contribution >= 0.6 is 22.9 Å². The Bertz CT molecular complexity index is 1220. The van der Waals surface area contributed by atoms with Gasteiger partial charge in [0.2, 0.25) is 5.91 Å². The Morgan fingerprint density at radius 2 is 1.83 bits per heavy atom. The molecule has 0 spiro atoms. The molecule has 0 radical (unpaired) electrons. The fourth-order valence-electron chi connectivity index (χ4n) is 2.82. The van der Waals surface area contributed by atoms with E-state index in [-0.39, 0.29) is 18.0 Å². The van der Waals surface area contributed by atoms with E-state index in [9.17, 15) is 9.59 Å². The molecule has 0 unspecified atom stereocenters. The molecule has 0 atom stereocenters. The van der Waals surface area contributed by atoms with Gasteiger partial charge < -0.3 is 5.32 Å². The molecule has 6 nitrogen and oxygen atoms in total. The molecule has 0 saturated heterocycles. The van der Waals surface area contributed by atoms with E-state index in [1.54, 1.807) is 24.3 Å². The molecular weight excluding hydrogens is 420 g/mol. The lowest BCUT2D eigenvalue weighted by atomic mass is 10.1. The van der Waals surface area contributed by atoms with E-state index in [0.29, 0.717) is 17.3 Å². The fraction of sp³-hybridized carbons (Fsp3) is 0.0909. The summed E-state index contributed by atoms with van der Waals surface area (Å²) in [6.45, 7) is 0.190. The van der Waals surface area contributed by atoms with Crippen molar-refractivity contribution in [2.45, 2.75) is 13.1 Å². The van der Waals surface area contributed by atoms with Gasteiger partial charge in [0.05, 0.1) is 24.3 Å². The van der Waals surface area contributed by atoms with Crippen LogP contribution < -0.4 is 10.9 Å². The van der Waals surface area contributed by atoms with Gasteiger partial charge in [0.15, 0.2) is 0 Å². The number of hydrogen-bond donors (Lipinski definition) is 1. The molecule has 2 aromatic heterocycles. The summed E-state index contributed by atoms with van der Waals surface area (Å²) in [5, 5.41) is 6.22. The molecule has 150 valence electrons. The van der Waals surface area contributed by atoms with Crippen molar-refractivity contribution in [2.75, 3.05) is 0 Å². The number of nitrogens with one attached hydrogen (secondary N) is 1. The Morgan fingerprint density at radius 3 is 2.57 bits per heavy atom. The summed E-state index contributed by atoms with van der Waals surface area (Å²) in [5.74, 6) is -0.285.